The maximum atomic E-state index is 14.0. The van der Waals surface area contributed by atoms with Crippen LogP contribution in [0.15, 0.2) is 42.5 Å². The number of ether oxygens (including phenoxy) is 1. The van der Waals surface area contributed by atoms with Crippen LogP contribution in [-0.4, -0.2) is 29.6 Å². The van der Waals surface area contributed by atoms with E-state index in [4.69, 9.17) is 27.9 Å². The molecule has 1 heterocycles. The SMILES string of the molecule is O=C(NC(Cc1ccc(-c2c(Cl)cc(F)cc2Cl)c2c1[C@@H]1C[C@@H]1CO2)C(=O)O)c1c(F)cccc1F. The van der Waals surface area contributed by atoms with Crippen LogP contribution < -0.4 is 10.1 Å². The molecule has 1 amide bonds. The molecule has 0 saturated heterocycles. The second kappa shape index (κ2) is 9.33. The number of aliphatic carboxylic acids is 1. The molecule has 0 radical (unpaired) electrons. The molecule has 186 valence electrons. The average Bonchev–Trinajstić information content (AvgIpc) is 3.59. The summed E-state index contributed by atoms with van der Waals surface area (Å²) < 4.78 is 47.9. The Kier molecular flexibility index (Phi) is 6.34. The van der Waals surface area contributed by atoms with Crippen molar-refractivity contribution < 1.29 is 32.6 Å². The van der Waals surface area contributed by atoms with Crippen molar-refractivity contribution in [2.45, 2.75) is 24.8 Å². The quantitative estimate of drug-likeness (QED) is 0.406. The topological polar surface area (TPSA) is 75.6 Å². The number of benzene rings is 3. The number of carbonyl (C=O) groups is 2. The molecule has 1 aliphatic carbocycles. The molecule has 0 bridgehead atoms. The van der Waals surface area contributed by atoms with Crippen molar-refractivity contribution in [3.8, 4) is 16.9 Å². The van der Waals surface area contributed by atoms with Crippen molar-refractivity contribution in [2.24, 2.45) is 5.92 Å². The normalized spacial score (nSPS) is 18.5. The van der Waals surface area contributed by atoms with Crippen LogP contribution in [0.2, 0.25) is 10.0 Å². The van der Waals surface area contributed by atoms with Gasteiger partial charge >= 0.3 is 5.97 Å². The van der Waals surface area contributed by atoms with Gasteiger partial charge in [-0.2, -0.15) is 0 Å². The molecular formula is C26H18Cl2F3NO4. The first kappa shape index (κ1) is 24.5. The zero-order valence-corrected chi connectivity index (χ0v) is 20.0. The Labute approximate surface area is 213 Å². The van der Waals surface area contributed by atoms with Gasteiger partial charge < -0.3 is 15.2 Å². The lowest BCUT2D eigenvalue weighted by Crippen LogP contribution is -2.43. The van der Waals surface area contributed by atoms with Gasteiger partial charge in [0.1, 0.15) is 34.8 Å². The van der Waals surface area contributed by atoms with Gasteiger partial charge in [-0.25, -0.2) is 18.0 Å². The van der Waals surface area contributed by atoms with Crippen LogP contribution in [0.25, 0.3) is 11.1 Å². The molecule has 3 aromatic carbocycles. The number of carboxylic acids is 1. The number of carbonyl (C=O) groups excluding carboxylic acids is 1. The van der Waals surface area contributed by atoms with Crippen LogP contribution in [0, 0.1) is 23.4 Å². The van der Waals surface area contributed by atoms with Gasteiger partial charge in [0.2, 0.25) is 0 Å². The lowest BCUT2D eigenvalue weighted by molar-refractivity contribution is -0.139. The molecule has 5 rings (SSSR count). The third kappa shape index (κ3) is 4.40. The van der Waals surface area contributed by atoms with E-state index in [9.17, 15) is 27.9 Å². The number of hydrogen-bond acceptors (Lipinski definition) is 3. The minimum absolute atomic E-state index is 0.0964. The Morgan fingerprint density at radius 2 is 1.75 bits per heavy atom. The Morgan fingerprint density at radius 3 is 2.39 bits per heavy atom. The summed E-state index contributed by atoms with van der Waals surface area (Å²) in [6.07, 6.45) is 0.677. The Bertz CT molecular complexity index is 1370. The van der Waals surface area contributed by atoms with Crippen LogP contribution in [0.4, 0.5) is 13.2 Å². The van der Waals surface area contributed by atoms with Crippen molar-refractivity contribution in [3.05, 3.63) is 86.7 Å². The minimum Gasteiger partial charge on any atom is -0.492 e. The summed E-state index contributed by atoms with van der Waals surface area (Å²) in [5.74, 6) is -4.49. The number of halogens is 5. The molecule has 0 spiro atoms. The number of nitrogens with one attached hydrogen (secondary N) is 1. The van der Waals surface area contributed by atoms with Gasteiger partial charge in [0, 0.05) is 29.0 Å². The molecular weight excluding hydrogens is 518 g/mol. The fourth-order valence-corrected chi connectivity index (χ4v) is 5.38. The fourth-order valence-electron chi connectivity index (χ4n) is 4.72. The van der Waals surface area contributed by atoms with Gasteiger partial charge in [0.05, 0.1) is 16.7 Å². The largest absolute Gasteiger partial charge is 0.492 e. The summed E-state index contributed by atoms with van der Waals surface area (Å²) in [5.41, 5.74) is 1.43. The third-order valence-electron chi connectivity index (χ3n) is 6.52. The molecule has 1 saturated carbocycles. The van der Waals surface area contributed by atoms with Crippen molar-refractivity contribution in [3.63, 3.8) is 0 Å². The number of fused-ring (bicyclic) bond motifs is 3. The molecule has 5 nitrogen and oxygen atoms in total. The van der Waals surface area contributed by atoms with Gasteiger partial charge in [0.15, 0.2) is 0 Å². The van der Waals surface area contributed by atoms with Gasteiger partial charge in [-0.15, -0.1) is 0 Å². The molecule has 1 unspecified atom stereocenters. The maximum absolute atomic E-state index is 14.0. The lowest BCUT2D eigenvalue weighted by Gasteiger charge is -2.25. The van der Waals surface area contributed by atoms with Crippen molar-refractivity contribution in [1.29, 1.82) is 0 Å². The summed E-state index contributed by atoms with van der Waals surface area (Å²) in [5, 5.41) is 12.2. The fraction of sp³-hybridized carbons (Fsp3) is 0.231. The van der Waals surface area contributed by atoms with E-state index < -0.39 is 40.9 Å². The van der Waals surface area contributed by atoms with E-state index >= 15 is 0 Å². The molecule has 2 N–H and O–H groups in total. The van der Waals surface area contributed by atoms with E-state index in [2.05, 4.69) is 5.32 Å². The van der Waals surface area contributed by atoms with E-state index in [0.717, 1.165) is 42.3 Å². The second-order valence-electron chi connectivity index (χ2n) is 8.84. The van der Waals surface area contributed by atoms with Gasteiger partial charge in [-0.1, -0.05) is 41.4 Å². The highest BCUT2D eigenvalue weighted by atomic mass is 35.5. The summed E-state index contributed by atoms with van der Waals surface area (Å²) in [6, 6.07) is 7.09. The monoisotopic (exact) mass is 535 g/mol. The highest BCUT2D eigenvalue weighted by molar-refractivity contribution is 6.39. The van der Waals surface area contributed by atoms with Crippen molar-refractivity contribution in [2.75, 3.05) is 6.61 Å². The molecule has 0 aromatic heterocycles. The van der Waals surface area contributed by atoms with Crippen LogP contribution >= 0.6 is 23.2 Å². The first-order valence-electron chi connectivity index (χ1n) is 11.1. The van der Waals surface area contributed by atoms with Crippen LogP contribution in [0.5, 0.6) is 5.75 Å². The average molecular weight is 536 g/mol. The second-order valence-corrected chi connectivity index (χ2v) is 9.65. The number of hydrogen-bond donors (Lipinski definition) is 2. The molecule has 36 heavy (non-hydrogen) atoms. The predicted octanol–water partition coefficient (Wildman–Crippen LogP) is 6.00. The van der Waals surface area contributed by atoms with Gasteiger partial charge in [0.25, 0.3) is 5.91 Å². The number of amides is 1. The summed E-state index contributed by atoms with van der Waals surface area (Å²) >= 11 is 12.6. The highest BCUT2D eigenvalue weighted by Gasteiger charge is 2.46. The Morgan fingerprint density at radius 1 is 1.08 bits per heavy atom. The Hall–Kier alpha value is -3.23. The summed E-state index contributed by atoms with van der Waals surface area (Å²) in [4.78, 5) is 24.6. The minimum atomic E-state index is -1.47. The predicted molar refractivity (Wildman–Crippen MR) is 127 cm³/mol. The van der Waals surface area contributed by atoms with E-state index in [-0.39, 0.29) is 28.3 Å². The summed E-state index contributed by atoms with van der Waals surface area (Å²) in [6.45, 7) is 0.455. The van der Waals surface area contributed by atoms with E-state index in [1.165, 1.54) is 0 Å². The molecule has 3 atom stereocenters. The van der Waals surface area contributed by atoms with Crippen LogP contribution in [-0.2, 0) is 11.2 Å². The molecule has 1 fully saturated rings. The standard InChI is InChI=1S/C26H18Cl2F3NO4/c27-16-8-13(29)9-17(28)22(16)14-5-4-11(21-15-6-12(15)10-36-24(14)21)7-20(26(34)35)32-25(33)23-18(30)2-1-3-19(23)31/h1-5,8-9,12,15,20H,6-7,10H2,(H,32,33)(H,34,35)/t12-,15-,20?/m1/s1. The maximum Gasteiger partial charge on any atom is 0.326 e. The Balaban J connectivity index is 1.52. The zero-order chi connectivity index (χ0) is 25.7. The van der Waals surface area contributed by atoms with Gasteiger partial charge in [-0.3, -0.25) is 4.79 Å². The first-order chi connectivity index (χ1) is 17.2. The van der Waals surface area contributed by atoms with Crippen LogP contribution in [0.3, 0.4) is 0 Å². The molecule has 2 aliphatic rings. The zero-order valence-electron chi connectivity index (χ0n) is 18.5. The molecule has 10 heteroatoms. The lowest BCUT2D eigenvalue weighted by atomic mass is 9.89. The molecule has 3 aromatic rings. The van der Waals surface area contributed by atoms with Crippen molar-refractivity contribution >= 4 is 35.1 Å². The van der Waals surface area contributed by atoms with Crippen molar-refractivity contribution in [1.82, 2.24) is 5.32 Å². The number of carboxylic acid groups (broad SMARTS) is 1. The highest BCUT2D eigenvalue weighted by Crippen LogP contribution is 2.58. The first-order valence-corrected chi connectivity index (χ1v) is 11.8. The van der Waals surface area contributed by atoms with E-state index in [1.54, 1.807) is 12.1 Å². The smallest absolute Gasteiger partial charge is 0.326 e. The van der Waals surface area contributed by atoms with Crippen LogP contribution in [0.1, 0.15) is 33.8 Å². The van der Waals surface area contributed by atoms with E-state index in [0.29, 0.717) is 29.0 Å². The summed E-state index contributed by atoms with van der Waals surface area (Å²) in [7, 11) is 0. The van der Waals surface area contributed by atoms with Gasteiger partial charge in [-0.05, 0) is 42.2 Å². The third-order valence-corrected chi connectivity index (χ3v) is 7.11. The van der Waals surface area contributed by atoms with E-state index in [1.807, 2.05) is 0 Å². The number of rotatable bonds is 6. The molecule has 1 aliphatic heterocycles.